The second-order valence-corrected chi connectivity index (χ2v) is 9.58. The topological polar surface area (TPSA) is 148 Å². The quantitative estimate of drug-likeness (QED) is 0.281. The molecule has 0 unspecified atom stereocenters. The summed E-state index contributed by atoms with van der Waals surface area (Å²) >= 11 is 1.56. The fourth-order valence-electron chi connectivity index (χ4n) is 2.92. The molecular weight excluding hydrogens is 460 g/mol. The summed E-state index contributed by atoms with van der Waals surface area (Å²) in [4.78, 5) is 22.0. The van der Waals surface area contributed by atoms with Crippen LogP contribution in [0.5, 0.6) is 0 Å². The van der Waals surface area contributed by atoms with Gasteiger partial charge in [-0.05, 0) is 61.7 Å². The summed E-state index contributed by atoms with van der Waals surface area (Å²) in [7, 11) is -3.85. The number of anilines is 2. The molecule has 4 aromatic rings. The minimum absolute atomic E-state index is 0.0239. The number of rotatable bonds is 6. The monoisotopic (exact) mass is 480 g/mol. The number of nitrogens with one attached hydrogen (secondary N) is 2. The zero-order valence-electron chi connectivity index (χ0n) is 17.7. The molecule has 0 radical (unpaired) electrons. The summed E-state index contributed by atoms with van der Waals surface area (Å²) in [5.41, 5.74) is 8.61. The van der Waals surface area contributed by atoms with Crippen molar-refractivity contribution < 1.29 is 8.42 Å². The molecule has 0 fully saturated rings. The third-order valence-electron chi connectivity index (χ3n) is 4.28. The Bertz CT molecular complexity index is 1380. The Morgan fingerprint density at radius 1 is 1.03 bits per heavy atom. The third kappa shape index (κ3) is 5.67. The highest BCUT2D eigenvalue weighted by molar-refractivity contribution is 7.92. The van der Waals surface area contributed by atoms with Crippen LogP contribution in [0.4, 0.5) is 17.6 Å². The van der Waals surface area contributed by atoms with E-state index in [0.717, 1.165) is 10.6 Å². The minimum atomic E-state index is -3.85. The van der Waals surface area contributed by atoms with Crippen LogP contribution in [0.2, 0.25) is 0 Å². The van der Waals surface area contributed by atoms with Crippen LogP contribution in [0.25, 0.3) is 10.6 Å². The van der Waals surface area contributed by atoms with Gasteiger partial charge >= 0.3 is 0 Å². The first-order chi connectivity index (χ1) is 15.8. The molecule has 168 valence electrons. The van der Waals surface area contributed by atoms with E-state index < -0.39 is 10.0 Å². The largest absolute Gasteiger partial charge is 0.369 e. The summed E-state index contributed by atoms with van der Waals surface area (Å²) < 4.78 is 27.7. The molecule has 0 aliphatic heterocycles. The normalized spacial score (nSPS) is 11.9. The average molecular weight is 481 g/mol. The molecule has 12 heteroatoms. The summed E-state index contributed by atoms with van der Waals surface area (Å²) in [5.74, 6) is 0.300. The van der Waals surface area contributed by atoms with Gasteiger partial charge in [-0.25, -0.2) is 33.1 Å². The lowest BCUT2D eigenvalue weighted by Gasteiger charge is -2.09. The van der Waals surface area contributed by atoms with Gasteiger partial charge < -0.3 is 11.1 Å². The number of hydrogen-bond acceptors (Lipinski definition) is 8. The van der Waals surface area contributed by atoms with Crippen LogP contribution in [0.15, 0.2) is 70.0 Å². The zero-order chi connectivity index (χ0) is 23.4. The maximum Gasteiger partial charge on any atom is 0.264 e. The number of nitrogens with zero attached hydrogens (tertiary/aromatic N) is 5. The van der Waals surface area contributed by atoms with Gasteiger partial charge in [0.25, 0.3) is 16.0 Å². The highest BCUT2D eigenvalue weighted by Crippen LogP contribution is 2.23. The van der Waals surface area contributed by atoms with E-state index in [2.05, 4.69) is 35.0 Å². The molecule has 3 aromatic heterocycles. The predicted molar refractivity (Wildman–Crippen MR) is 129 cm³/mol. The van der Waals surface area contributed by atoms with Crippen molar-refractivity contribution in [2.24, 2.45) is 10.7 Å². The molecule has 0 amide bonds. The van der Waals surface area contributed by atoms with Crippen molar-refractivity contribution in [3.05, 3.63) is 71.5 Å². The highest BCUT2D eigenvalue weighted by atomic mass is 32.2. The van der Waals surface area contributed by atoms with Crippen LogP contribution in [0, 0.1) is 13.8 Å². The molecule has 10 nitrogen and oxygen atoms in total. The second-order valence-electron chi connectivity index (χ2n) is 6.95. The number of hydrogen-bond donors (Lipinski definition) is 3. The summed E-state index contributed by atoms with van der Waals surface area (Å²) in [6.07, 6.45) is 1.61. The van der Waals surface area contributed by atoms with Gasteiger partial charge in [0.1, 0.15) is 0 Å². The first kappa shape index (κ1) is 22.3. The van der Waals surface area contributed by atoms with Gasteiger partial charge in [-0.3, -0.25) is 0 Å². The van der Waals surface area contributed by atoms with Gasteiger partial charge in [0.15, 0.2) is 0 Å². The Balaban J connectivity index is 1.46. The van der Waals surface area contributed by atoms with Crippen LogP contribution in [-0.4, -0.2) is 34.3 Å². The van der Waals surface area contributed by atoms with Crippen LogP contribution in [0.1, 0.15) is 11.4 Å². The molecule has 0 aliphatic rings. The van der Waals surface area contributed by atoms with Gasteiger partial charge in [0, 0.05) is 23.3 Å². The Labute approximate surface area is 194 Å². The number of guanidine groups is 1. The third-order valence-corrected chi connectivity index (χ3v) is 6.52. The Morgan fingerprint density at radius 3 is 2.42 bits per heavy atom. The van der Waals surface area contributed by atoms with E-state index in [1.165, 1.54) is 12.1 Å². The van der Waals surface area contributed by atoms with Crippen LogP contribution >= 0.6 is 11.3 Å². The minimum Gasteiger partial charge on any atom is -0.369 e. The van der Waals surface area contributed by atoms with Gasteiger partial charge in [0.2, 0.25) is 11.9 Å². The smallest absolute Gasteiger partial charge is 0.264 e. The number of aromatic nitrogens is 4. The molecular formula is C21H20N8O2S2. The number of thiophene rings is 1. The van der Waals surface area contributed by atoms with Crippen LogP contribution in [-0.2, 0) is 10.0 Å². The van der Waals surface area contributed by atoms with E-state index in [4.69, 9.17) is 5.73 Å². The van der Waals surface area contributed by atoms with Crippen molar-refractivity contribution in [3.63, 3.8) is 0 Å². The first-order valence-corrected chi connectivity index (χ1v) is 12.1. The van der Waals surface area contributed by atoms with E-state index in [1.807, 2.05) is 17.5 Å². The first-order valence-electron chi connectivity index (χ1n) is 9.72. The lowest BCUT2D eigenvalue weighted by atomic mass is 10.3. The molecule has 0 saturated heterocycles. The molecule has 3 heterocycles. The molecule has 4 rings (SSSR count). The van der Waals surface area contributed by atoms with Crippen molar-refractivity contribution in [2.75, 3.05) is 10.0 Å². The van der Waals surface area contributed by atoms with Crippen molar-refractivity contribution in [1.82, 2.24) is 19.9 Å². The van der Waals surface area contributed by atoms with Gasteiger partial charge in [-0.1, -0.05) is 6.07 Å². The van der Waals surface area contributed by atoms with Crippen molar-refractivity contribution >= 4 is 44.9 Å². The van der Waals surface area contributed by atoms with E-state index in [9.17, 15) is 8.42 Å². The van der Waals surface area contributed by atoms with E-state index in [1.54, 1.807) is 55.6 Å². The molecule has 0 bridgehead atoms. The number of sulfonamides is 1. The van der Waals surface area contributed by atoms with E-state index in [-0.39, 0.29) is 22.8 Å². The average Bonchev–Trinajstić information content (AvgIpc) is 3.28. The van der Waals surface area contributed by atoms with Crippen molar-refractivity contribution in [2.45, 2.75) is 18.7 Å². The molecule has 4 N–H and O–H groups in total. The fourth-order valence-corrected chi connectivity index (χ4v) is 4.55. The highest BCUT2D eigenvalue weighted by Gasteiger charge is 2.16. The van der Waals surface area contributed by atoms with Gasteiger partial charge in [-0.15, -0.1) is 11.3 Å². The molecule has 33 heavy (non-hydrogen) atoms. The molecule has 1 aromatic carbocycles. The molecule has 0 spiro atoms. The standard InChI is InChI=1S/C21H20N8O2S2/c1-13-12-14(2)25-21(24-13)29-33(30,31)16-7-5-15(6-8-16)26-19(22)28-20-23-10-9-17(27-20)18-4-3-11-32-18/h3-12H,1-2H3,(H,24,25,29)(H3,22,23,26,27,28). The zero-order valence-corrected chi connectivity index (χ0v) is 19.4. The summed E-state index contributed by atoms with van der Waals surface area (Å²) in [6, 6.07) is 13.5. The number of aliphatic imine (C=N–C) groups is 1. The van der Waals surface area contributed by atoms with Crippen molar-refractivity contribution in [3.8, 4) is 10.6 Å². The summed E-state index contributed by atoms with van der Waals surface area (Å²) in [6.45, 7) is 3.53. The number of benzene rings is 1. The van der Waals surface area contributed by atoms with E-state index in [0.29, 0.717) is 17.1 Å². The number of nitrogens with two attached hydrogens (primary N) is 1. The lowest BCUT2D eigenvalue weighted by molar-refractivity contribution is 0.601. The SMILES string of the molecule is Cc1cc(C)nc(NS(=O)(=O)c2ccc(N/C(N)=N/c3nccc(-c4cccs4)n3)cc2)n1. The lowest BCUT2D eigenvalue weighted by Crippen LogP contribution is -2.22. The van der Waals surface area contributed by atoms with Crippen LogP contribution < -0.4 is 15.8 Å². The van der Waals surface area contributed by atoms with Crippen molar-refractivity contribution in [1.29, 1.82) is 0 Å². The van der Waals surface area contributed by atoms with Gasteiger partial charge in [-0.2, -0.15) is 4.99 Å². The molecule has 0 saturated carbocycles. The second kappa shape index (κ2) is 9.30. The summed E-state index contributed by atoms with van der Waals surface area (Å²) in [5, 5.41) is 4.86. The Hall–Kier alpha value is -3.90. The maximum atomic E-state index is 12.7. The predicted octanol–water partition coefficient (Wildman–Crippen LogP) is 3.47. The molecule has 0 atom stereocenters. The Morgan fingerprint density at radius 2 is 1.76 bits per heavy atom. The maximum absolute atomic E-state index is 12.7. The fraction of sp³-hybridized carbons (Fsp3) is 0.0952. The molecule has 0 aliphatic carbocycles. The Kier molecular flexibility index (Phi) is 6.29. The van der Waals surface area contributed by atoms with Gasteiger partial charge in [0.05, 0.1) is 15.5 Å². The van der Waals surface area contributed by atoms with Crippen LogP contribution in [0.3, 0.4) is 0 Å². The van der Waals surface area contributed by atoms with E-state index >= 15 is 0 Å². The number of aryl methyl sites for hydroxylation is 2.